The average Bonchev–Trinajstić information content (AvgIpc) is 2.75. The van der Waals surface area contributed by atoms with Crippen molar-refractivity contribution in [1.29, 1.82) is 0 Å². The summed E-state index contributed by atoms with van der Waals surface area (Å²) >= 11 is 1.51. The van der Waals surface area contributed by atoms with Crippen LogP contribution in [0.15, 0.2) is 18.2 Å². The molecule has 1 unspecified atom stereocenters. The normalized spacial score (nSPS) is 12.7. The second-order valence-corrected chi connectivity index (χ2v) is 5.41. The molecule has 1 aromatic heterocycles. The molecule has 1 heterocycles. The Morgan fingerprint density at radius 1 is 1.32 bits per heavy atom. The first-order valence-corrected chi connectivity index (χ1v) is 7.00. The van der Waals surface area contributed by atoms with Gasteiger partial charge in [0.25, 0.3) is 0 Å². The van der Waals surface area contributed by atoms with Crippen molar-refractivity contribution in [3.63, 3.8) is 0 Å². The highest BCUT2D eigenvalue weighted by atomic mass is 32.1. The fourth-order valence-corrected chi connectivity index (χ4v) is 3.05. The van der Waals surface area contributed by atoms with Crippen LogP contribution in [-0.2, 0) is 0 Å². The number of halogens is 2. The average molecular weight is 282 g/mol. The molecular weight excluding hydrogens is 266 g/mol. The molecule has 0 amide bonds. The third-order valence-corrected chi connectivity index (χ3v) is 4.29. The van der Waals surface area contributed by atoms with E-state index in [9.17, 15) is 8.78 Å². The number of thiazole rings is 1. The third kappa shape index (κ3) is 2.98. The van der Waals surface area contributed by atoms with Crippen molar-refractivity contribution in [2.24, 2.45) is 0 Å². The molecular formula is C14H16F2N2S. The van der Waals surface area contributed by atoms with Gasteiger partial charge in [0.2, 0.25) is 0 Å². The van der Waals surface area contributed by atoms with Gasteiger partial charge in [0.15, 0.2) is 11.6 Å². The van der Waals surface area contributed by atoms with E-state index in [0.717, 1.165) is 28.2 Å². The molecule has 0 radical (unpaired) electrons. The Balaban J connectivity index is 2.36. The van der Waals surface area contributed by atoms with Crippen LogP contribution in [0.1, 0.15) is 30.5 Å². The predicted molar refractivity (Wildman–Crippen MR) is 74.3 cm³/mol. The van der Waals surface area contributed by atoms with Gasteiger partial charge in [-0.1, -0.05) is 6.92 Å². The number of hydrogen-bond acceptors (Lipinski definition) is 3. The Kier molecular flexibility index (Phi) is 4.27. The van der Waals surface area contributed by atoms with Crippen LogP contribution in [0.4, 0.5) is 8.78 Å². The van der Waals surface area contributed by atoms with Gasteiger partial charge in [-0.3, -0.25) is 0 Å². The SMILES string of the molecule is CCNC(C)c1sc(-c2ccc(F)c(F)c2)nc1C. The summed E-state index contributed by atoms with van der Waals surface area (Å²) < 4.78 is 26.2. The maximum Gasteiger partial charge on any atom is 0.159 e. The highest BCUT2D eigenvalue weighted by Gasteiger charge is 2.15. The Bertz CT molecular complexity index is 581. The molecule has 0 aliphatic rings. The Morgan fingerprint density at radius 3 is 2.68 bits per heavy atom. The summed E-state index contributed by atoms with van der Waals surface area (Å²) in [6.07, 6.45) is 0. The molecule has 0 aliphatic carbocycles. The van der Waals surface area contributed by atoms with Gasteiger partial charge in [-0.25, -0.2) is 13.8 Å². The lowest BCUT2D eigenvalue weighted by Gasteiger charge is -2.09. The second kappa shape index (κ2) is 5.75. The van der Waals surface area contributed by atoms with E-state index in [-0.39, 0.29) is 6.04 Å². The quantitative estimate of drug-likeness (QED) is 0.914. The van der Waals surface area contributed by atoms with Crippen molar-refractivity contribution in [2.75, 3.05) is 6.54 Å². The number of benzene rings is 1. The summed E-state index contributed by atoms with van der Waals surface area (Å²) in [5, 5.41) is 4.04. The van der Waals surface area contributed by atoms with Crippen molar-refractivity contribution in [2.45, 2.75) is 26.8 Å². The first-order valence-electron chi connectivity index (χ1n) is 6.19. The van der Waals surface area contributed by atoms with E-state index >= 15 is 0 Å². The minimum Gasteiger partial charge on any atom is -0.310 e. The molecule has 102 valence electrons. The van der Waals surface area contributed by atoms with E-state index in [1.807, 2.05) is 13.8 Å². The van der Waals surface area contributed by atoms with Crippen LogP contribution >= 0.6 is 11.3 Å². The molecule has 0 aliphatic heterocycles. The maximum atomic E-state index is 13.2. The molecule has 0 fully saturated rings. The molecule has 19 heavy (non-hydrogen) atoms. The van der Waals surface area contributed by atoms with Crippen molar-refractivity contribution >= 4 is 11.3 Å². The summed E-state index contributed by atoms with van der Waals surface area (Å²) in [6.45, 7) is 6.92. The van der Waals surface area contributed by atoms with Crippen LogP contribution in [0, 0.1) is 18.6 Å². The predicted octanol–water partition coefficient (Wildman–Crippen LogP) is 4.07. The minimum absolute atomic E-state index is 0.210. The molecule has 2 nitrogen and oxygen atoms in total. The number of rotatable bonds is 4. The molecule has 1 aromatic carbocycles. The van der Waals surface area contributed by atoms with Crippen LogP contribution in [0.3, 0.4) is 0 Å². The number of aryl methyl sites for hydroxylation is 1. The fourth-order valence-electron chi connectivity index (χ4n) is 1.96. The van der Waals surface area contributed by atoms with Crippen LogP contribution in [0.5, 0.6) is 0 Å². The lowest BCUT2D eigenvalue weighted by atomic mass is 10.2. The summed E-state index contributed by atoms with van der Waals surface area (Å²) in [5.41, 5.74) is 1.54. The summed E-state index contributed by atoms with van der Waals surface area (Å²) in [7, 11) is 0. The zero-order valence-corrected chi connectivity index (χ0v) is 11.9. The smallest absolute Gasteiger partial charge is 0.159 e. The summed E-state index contributed by atoms with van der Waals surface area (Å²) in [6, 6.07) is 4.09. The van der Waals surface area contributed by atoms with Crippen molar-refractivity contribution in [3.05, 3.63) is 40.4 Å². The number of aromatic nitrogens is 1. The summed E-state index contributed by atoms with van der Waals surface area (Å²) in [5.74, 6) is -1.68. The molecule has 1 atom stereocenters. The molecule has 0 saturated heterocycles. The van der Waals surface area contributed by atoms with Gasteiger partial charge in [0, 0.05) is 16.5 Å². The monoisotopic (exact) mass is 282 g/mol. The lowest BCUT2D eigenvalue weighted by Crippen LogP contribution is -2.17. The topological polar surface area (TPSA) is 24.9 Å². The fraction of sp³-hybridized carbons (Fsp3) is 0.357. The zero-order chi connectivity index (χ0) is 14.0. The van der Waals surface area contributed by atoms with Gasteiger partial charge in [-0.05, 0) is 38.6 Å². The van der Waals surface area contributed by atoms with Gasteiger partial charge in [-0.15, -0.1) is 11.3 Å². The number of nitrogens with one attached hydrogen (secondary N) is 1. The third-order valence-electron chi connectivity index (χ3n) is 2.90. The Labute approximate surface area is 115 Å². The lowest BCUT2D eigenvalue weighted by molar-refractivity contribution is 0.509. The van der Waals surface area contributed by atoms with Crippen LogP contribution < -0.4 is 5.32 Å². The van der Waals surface area contributed by atoms with E-state index < -0.39 is 11.6 Å². The van der Waals surface area contributed by atoms with Crippen LogP contribution in [0.2, 0.25) is 0 Å². The van der Waals surface area contributed by atoms with E-state index in [1.54, 1.807) is 6.07 Å². The first-order chi connectivity index (χ1) is 9.02. The van der Waals surface area contributed by atoms with Crippen molar-refractivity contribution in [1.82, 2.24) is 10.3 Å². The van der Waals surface area contributed by atoms with E-state index in [0.29, 0.717) is 5.56 Å². The zero-order valence-electron chi connectivity index (χ0n) is 11.1. The molecule has 2 aromatic rings. The molecule has 0 saturated carbocycles. The van der Waals surface area contributed by atoms with Gasteiger partial charge in [0.05, 0.1) is 5.69 Å². The highest BCUT2D eigenvalue weighted by molar-refractivity contribution is 7.15. The highest BCUT2D eigenvalue weighted by Crippen LogP contribution is 2.32. The van der Waals surface area contributed by atoms with E-state index in [2.05, 4.69) is 17.2 Å². The van der Waals surface area contributed by atoms with Crippen LogP contribution in [0.25, 0.3) is 10.6 Å². The molecule has 0 bridgehead atoms. The van der Waals surface area contributed by atoms with Crippen LogP contribution in [-0.4, -0.2) is 11.5 Å². The Hall–Kier alpha value is -1.33. The van der Waals surface area contributed by atoms with Gasteiger partial charge in [0.1, 0.15) is 5.01 Å². The Morgan fingerprint density at radius 2 is 2.05 bits per heavy atom. The van der Waals surface area contributed by atoms with E-state index in [4.69, 9.17) is 0 Å². The van der Waals surface area contributed by atoms with Gasteiger partial charge < -0.3 is 5.32 Å². The van der Waals surface area contributed by atoms with Crippen molar-refractivity contribution < 1.29 is 8.78 Å². The molecule has 5 heteroatoms. The molecule has 1 N–H and O–H groups in total. The van der Waals surface area contributed by atoms with Gasteiger partial charge in [-0.2, -0.15) is 0 Å². The largest absolute Gasteiger partial charge is 0.310 e. The maximum absolute atomic E-state index is 13.2. The standard InChI is InChI=1S/C14H16F2N2S/c1-4-17-8(2)13-9(3)18-14(19-13)10-5-6-11(15)12(16)7-10/h5-8,17H,4H2,1-3H3. The first kappa shape index (κ1) is 14.1. The number of nitrogens with zero attached hydrogens (tertiary/aromatic N) is 1. The van der Waals surface area contributed by atoms with Crippen molar-refractivity contribution in [3.8, 4) is 10.6 Å². The number of hydrogen-bond donors (Lipinski definition) is 1. The molecule has 0 spiro atoms. The second-order valence-electron chi connectivity index (χ2n) is 4.38. The van der Waals surface area contributed by atoms with E-state index in [1.165, 1.54) is 17.4 Å². The van der Waals surface area contributed by atoms with Gasteiger partial charge >= 0.3 is 0 Å². The summed E-state index contributed by atoms with van der Waals surface area (Å²) in [4.78, 5) is 5.57. The minimum atomic E-state index is -0.841. The molecule has 2 rings (SSSR count).